The molecular weight excluding hydrogens is 503 g/mol. The second-order valence-corrected chi connectivity index (χ2v) is 11.1. The fourth-order valence-electron chi connectivity index (χ4n) is 5.54. The number of phenols is 2. The standard InChI is InChI=1S/C30H39F5O3/c1-21(10-8-18-29(31,32)30(33,34)35)9-6-4-3-5-7-11-26-25-17-16-24(37)19-27(25)38-20-28(26,2)22-12-14-23(36)15-13-22/h12-17,19,21,26,36-37H,3-11,18,20H2,1-2H3. The van der Waals surface area contributed by atoms with Crippen LogP contribution in [-0.2, 0) is 5.41 Å². The van der Waals surface area contributed by atoms with E-state index < -0.39 is 18.5 Å². The van der Waals surface area contributed by atoms with Gasteiger partial charge in [0.25, 0.3) is 0 Å². The number of phenolic OH excluding ortho intramolecular Hbond substituents is 2. The third kappa shape index (κ3) is 7.54. The van der Waals surface area contributed by atoms with Crippen LogP contribution in [0.25, 0.3) is 0 Å². The van der Waals surface area contributed by atoms with Gasteiger partial charge in [0.1, 0.15) is 17.2 Å². The van der Waals surface area contributed by atoms with Crippen molar-refractivity contribution >= 4 is 0 Å². The monoisotopic (exact) mass is 542 g/mol. The number of unbranched alkanes of at least 4 members (excludes halogenated alkanes) is 4. The fourth-order valence-corrected chi connectivity index (χ4v) is 5.54. The highest BCUT2D eigenvalue weighted by atomic mass is 19.4. The molecule has 0 bridgehead atoms. The molecule has 3 rings (SSSR count). The highest BCUT2D eigenvalue weighted by Gasteiger charge is 2.56. The Labute approximate surface area is 222 Å². The van der Waals surface area contributed by atoms with Gasteiger partial charge in [-0.1, -0.05) is 77.0 Å². The van der Waals surface area contributed by atoms with Gasteiger partial charge >= 0.3 is 12.1 Å². The molecule has 3 atom stereocenters. The molecule has 0 radical (unpaired) electrons. The van der Waals surface area contributed by atoms with Crippen LogP contribution in [0.15, 0.2) is 42.5 Å². The second kappa shape index (κ2) is 12.6. The molecule has 0 amide bonds. The van der Waals surface area contributed by atoms with Crippen molar-refractivity contribution in [3.63, 3.8) is 0 Å². The molecule has 2 N–H and O–H groups in total. The first kappa shape index (κ1) is 30.0. The molecule has 3 nitrogen and oxygen atoms in total. The van der Waals surface area contributed by atoms with E-state index in [9.17, 15) is 32.2 Å². The first-order chi connectivity index (χ1) is 17.8. The molecule has 1 heterocycles. The Kier molecular flexibility index (Phi) is 9.93. The molecule has 212 valence electrons. The van der Waals surface area contributed by atoms with Crippen LogP contribution in [0.2, 0.25) is 0 Å². The van der Waals surface area contributed by atoms with Crippen molar-refractivity contribution in [1.82, 2.24) is 0 Å². The van der Waals surface area contributed by atoms with Crippen LogP contribution < -0.4 is 4.74 Å². The van der Waals surface area contributed by atoms with E-state index in [1.54, 1.807) is 24.3 Å². The summed E-state index contributed by atoms with van der Waals surface area (Å²) in [7, 11) is 0. The zero-order valence-corrected chi connectivity index (χ0v) is 22.2. The molecule has 0 aliphatic carbocycles. The van der Waals surface area contributed by atoms with Gasteiger partial charge in [0, 0.05) is 23.8 Å². The minimum atomic E-state index is -5.47. The molecule has 1 aliphatic heterocycles. The molecule has 3 unspecified atom stereocenters. The van der Waals surface area contributed by atoms with Crippen LogP contribution in [-0.4, -0.2) is 28.9 Å². The van der Waals surface area contributed by atoms with Gasteiger partial charge in [0.05, 0.1) is 6.61 Å². The Morgan fingerprint density at radius 1 is 0.868 bits per heavy atom. The molecule has 2 aromatic rings. The number of benzene rings is 2. The number of hydrogen-bond donors (Lipinski definition) is 2. The topological polar surface area (TPSA) is 49.7 Å². The van der Waals surface area contributed by atoms with E-state index in [2.05, 4.69) is 6.92 Å². The second-order valence-electron chi connectivity index (χ2n) is 11.1. The van der Waals surface area contributed by atoms with Gasteiger partial charge in [-0.25, -0.2) is 0 Å². The highest BCUT2D eigenvalue weighted by Crippen LogP contribution is 2.50. The van der Waals surface area contributed by atoms with Crippen molar-refractivity contribution in [2.75, 3.05) is 6.61 Å². The summed E-state index contributed by atoms with van der Waals surface area (Å²) in [5, 5.41) is 19.7. The van der Waals surface area contributed by atoms with Crippen molar-refractivity contribution < 1.29 is 36.9 Å². The average molecular weight is 543 g/mol. The van der Waals surface area contributed by atoms with Crippen LogP contribution in [0.1, 0.15) is 95.1 Å². The maximum atomic E-state index is 13.0. The molecule has 8 heteroatoms. The van der Waals surface area contributed by atoms with E-state index in [1.165, 1.54) is 0 Å². The Balaban J connectivity index is 1.45. The van der Waals surface area contributed by atoms with Gasteiger partial charge in [-0.3, -0.25) is 0 Å². The van der Waals surface area contributed by atoms with Crippen molar-refractivity contribution in [1.29, 1.82) is 0 Å². The first-order valence-corrected chi connectivity index (χ1v) is 13.5. The van der Waals surface area contributed by atoms with Crippen molar-refractivity contribution in [2.45, 2.75) is 101 Å². The number of hydrogen-bond acceptors (Lipinski definition) is 3. The lowest BCUT2D eigenvalue weighted by molar-refractivity contribution is -0.284. The number of alkyl halides is 5. The smallest absolute Gasteiger partial charge is 0.453 e. The third-order valence-corrected chi connectivity index (χ3v) is 7.99. The minimum absolute atomic E-state index is 0.125. The molecular formula is C30H39F5O3. The molecule has 0 saturated heterocycles. The average Bonchev–Trinajstić information content (AvgIpc) is 2.84. The van der Waals surface area contributed by atoms with Gasteiger partial charge in [-0.15, -0.1) is 0 Å². The number of ether oxygens (including phenoxy) is 1. The Bertz CT molecular complexity index is 1020. The van der Waals surface area contributed by atoms with Crippen LogP contribution in [0.4, 0.5) is 22.0 Å². The summed E-state index contributed by atoms with van der Waals surface area (Å²) in [5.74, 6) is -3.22. The van der Waals surface area contributed by atoms with Crippen LogP contribution in [0.5, 0.6) is 17.2 Å². The van der Waals surface area contributed by atoms with E-state index in [4.69, 9.17) is 4.74 Å². The lowest BCUT2D eigenvalue weighted by Gasteiger charge is -2.43. The molecule has 0 spiro atoms. The van der Waals surface area contributed by atoms with Crippen LogP contribution in [0, 0.1) is 5.92 Å². The molecule has 38 heavy (non-hydrogen) atoms. The number of fused-ring (bicyclic) bond motifs is 1. The Morgan fingerprint density at radius 2 is 1.47 bits per heavy atom. The van der Waals surface area contributed by atoms with Crippen LogP contribution in [0.3, 0.4) is 0 Å². The zero-order valence-electron chi connectivity index (χ0n) is 22.2. The third-order valence-electron chi connectivity index (χ3n) is 7.99. The van der Waals surface area contributed by atoms with E-state index >= 15 is 0 Å². The molecule has 0 saturated carbocycles. The van der Waals surface area contributed by atoms with E-state index in [-0.39, 0.29) is 35.2 Å². The summed E-state index contributed by atoms with van der Waals surface area (Å²) in [4.78, 5) is 0. The van der Waals surface area contributed by atoms with E-state index in [1.807, 2.05) is 25.1 Å². The van der Waals surface area contributed by atoms with Crippen molar-refractivity contribution in [2.24, 2.45) is 5.92 Å². The SMILES string of the molecule is CC(CCCCCCCC1c2ccc(O)cc2OCC1(C)c1ccc(O)cc1)CCCC(F)(F)C(F)(F)F. The lowest BCUT2D eigenvalue weighted by Crippen LogP contribution is -2.40. The quantitative estimate of drug-likeness (QED) is 0.196. The van der Waals surface area contributed by atoms with Crippen molar-refractivity contribution in [3.8, 4) is 17.2 Å². The molecule has 1 aliphatic rings. The Hall–Kier alpha value is -2.51. The lowest BCUT2D eigenvalue weighted by atomic mass is 9.66. The van der Waals surface area contributed by atoms with Gasteiger partial charge in [-0.05, 0) is 48.1 Å². The predicted molar refractivity (Wildman–Crippen MR) is 138 cm³/mol. The normalized spacial score (nSPS) is 20.6. The summed E-state index contributed by atoms with van der Waals surface area (Å²) >= 11 is 0. The number of aromatic hydroxyl groups is 2. The summed E-state index contributed by atoms with van der Waals surface area (Å²) in [6, 6.07) is 12.5. The van der Waals surface area contributed by atoms with Crippen LogP contribution >= 0.6 is 0 Å². The molecule has 0 aromatic heterocycles. The fraction of sp³-hybridized carbons (Fsp3) is 0.600. The number of rotatable bonds is 13. The first-order valence-electron chi connectivity index (χ1n) is 13.5. The highest BCUT2D eigenvalue weighted by molar-refractivity contribution is 5.48. The Morgan fingerprint density at radius 3 is 2.16 bits per heavy atom. The van der Waals surface area contributed by atoms with Gasteiger partial charge < -0.3 is 14.9 Å². The predicted octanol–water partition coefficient (Wildman–Crippen LogP) is 9.27. The molecule has 0 fully saturated rings. The largest absolute Gasteiger partial charge is 0.508 e. The maximum Gasteiger partial charge on any atom is 0.453 e. The minimum Gasteiger partial charge on any atom is -0.508 e. The summed E-state index contributed by atoms with van der Waals surface area (Å²) in [5.41, 5.74) is 1.85. The van der Waals surface area contributed by atoms with Crippen molar-refractivity contribution in [3.05, 3.63) is 53.6 Å². The maximum absolute atomic E-state index is 13.0. The van der Waals surface area contributed by atoms with Gasteiger partial charge in [0.2, 0.25) is 0 Å². The van der Waals surface area contributed by atoms with Gasteiger partial charge in [0.15, 0.2) is 0 Å². The summed E-state index contributed by atoms with van der Waals surface area (Å²) in [6.45, 7) is 4.55. The molecule has 2 aromatic carbocycles. The van der Waals surface area contributed by atoms with E-state index in [0.717, 1.165) is 56.1 Å². The number of halogens is 5. The summed E-state index contributed by atoms with van der Waals surface area (Å²) in [6.07, 6.45) is 0.389. The zero-order chi connectivity index (χ0) is 28.0. The van der Waals surface area contributed by atoms with Gasteiger partial charge in [-0.2, -0.15) is 22.0 Å². The summed E-state index contributed by atoms with van der Waals surface area (Å²) < 4.78 is 69.0. The van der Waals surface area contributed by atoms with E-state index in [0.29, 0.717) is 18.8 Å².